The predicted molar refractivity (Wildman–Crippen MR) is 73.1 cm³/mol. The topological polar surface area (TPSA) is 24.1 Å². The Morgan fingerprint density at radius 3 is 2.65 bits per heavy atom. The Balaban J connectivity index is 1.82. The van der Waals surface area contributed by atoms with E-state index < -0.39 is 0 Å². The van der Waals surface area contributed by atoms with Crippen molar-refractivity contribution in [3.8, 4) is 0 Å². The Morgan fingerprint density at radius 1 is 1.24 bits per heavy atom. The maximum absolute atomic E-state index is 3.60. The lowest BCUT2D eigenvalue weighted by Crippen LogP contribution is -2.44. The fourth-order valence-corrected chi connectivity index (χ4v) is 2.29. The fourth-order valence-electron chi connectivity index (χ4n) is 2.29. The van der Waals surface area contributed by atoms with Gasteiger partial charge >= 0.3 is 0 Å². The number of hydrogen-bond donors (Lipinski definition) is 2. The van der Waals surface area contributed by atoms with Crippen molar-refractivity contribution >= 4 is 0 Å². The molecule has 0 fully saturated rings. The highest BCUT2D eigenvalue weighted by Crippen LogP contribution is 2.16. The molecule has 0 spiro atoms. The molecule has 2 rings (SSSR count). The fraction of sp³-hybridized carbons (Fsp3) is 0.600. The minimum Gasteiger partial charge on any atom is -0.315 e. The van der Waals surface area contributed by atoms with Gasteiger partial charge in [-0.15, -0.1) is 0 Å². The van der Waals surface area contributed by atoms with Crippen LogP contribution in [0.1, 0.15) is 31.9 Å². The number of hydrogen-bond acceptors (Lipinski definition) is 2. The molecule has 0 radical (unpaired) electrons. The molecule has 1 aromatic carbocycles. The summed E-state index contributed by atoms with van der Waals surface area (Å²) in [5, 5.41) is 7.16. The highest BCUT2D eigenvalue weighted by Gasteiger charge is 2.17. The van der Waals surface area contributed by atoms with E-state index in [2.05, 4.69) is 55.7 Å². The van der Waals surface area contributed by atoms with E-state index in [1.54, 1.807) is 0 Å². The molecule has 0 amide bonds. The van der Waals surface area contributed by atoms with Gasteiger partial charge in [-0.05, 0) is 23.0 Å². The number of rotatable bonds is 3. The van der Waals surface area contributed by atoms with Crippen molar-refractivity contribution in [2.24, 2.45) is 5.41 Å². The molecule has 0 aliphatic carbocycles. The van der Waals surface area contributed by atoms with Crippen LogP contribution < -0.4 is 10.6 Å². The number of nitrogens with one attached hydrogen (secondary N) is 2. The van der Waals surface area contributed by atoms with Gasteiger partial charge < -0.3 is 10.6 Å². The molecule has 1 heterocycles. The van der Waals surface area contributed by atoms with Crippen LogP contribution in [0.15, 0.2) is 24.3 Å². The molecule has 2 nitrogen and oxygen atoms in total. The average Bonchev–Trinajstić information content (AvgIpc) is 2.27. The first-order valence-electron chi connectivity index (χ1n) is 6.55. The molecule has 1 aliphatic heterocycles. The number of benzene rings is 1. The van der Waals surface area contributed by atoms with Gasteiger partial charge in [0.25, 0.3) is 0 Å². The summed E-state index contributed by atoms with van der Waals surface area (Å²) in [5.74, 6) is 0. The normalized spacial score (nSPS) is 20.1. The molecular weight excluding hydrogens is 208 g/mol. The zero-order valence-electron chi connectivity index (χ0n) is 11.2. The first kappa shape index (κ1) is 12.6. The summed E-state index contributed by atoms with van der Waals surface area (Å²) < 4.78 is 0. The summed E-state index contributed by atoms with van der Waals surface area (Å²) >= 11 is 0. The Bertz CT molecular complexity index is 365. The Hall–Kier alpha value is -0.860. The van der Waals surface area contributed by atoms with Gasteiger partial charge in [0.2, 0.25) is 0 Å². The zero-order chi connectivity index (χ0) is 12.3. The summed E-state index contributed by atoms with van der Waals surface area (Å²) in [6.45, 7) is 9.95. The molecule has 1 aliphatic rings. The molecule has 2 N–H and O–H groups in total. The van der Waals surface area contributed by atoms with Crippen molar-refractivity contribution in [2.75, 3.05) is 13.1 Å². The lowest BCUT2D eigenvalue weighted by molar-refractivity contribution is 0.356. The lowest BCUT2D eigenvalue weighted by Gasteiger charge is -2.28. The molecule has 17 heavy (non-hydrogen) atoms. The Kier molecular flexibility index (Phi) is 3.85. The quantitative estimate of drug-likeness (QED) is 0.836. The third-order valence-corrected chi connectivity index (χ3v) is 3.21. The van der Waals surface area contributed by atoms with E-state index in [-0.39, 0.29) is 0 Å². The van der Waals surface area contributed by atoms with Gasteiger partial charge in [0.05, 0.1) is 0 Å². The van der Waals surface area contributed by atoms with Crippen LogP contribution in [0, 0.1) is 5.41 Å². The molecule has 0 saturated carbocycles. The lowest BCUT2D eigenvalue weighted by atomic mass is 9.94. The van der Waals surface area contributed by atoms with Gasteiger partial charge in [-0.2, -0.15) is 0 Å². The molecular formula is C15H24N2. The Labute approximate surface area is 105 Å². The van der Waals surface area contributed by atoms with E-state index in [0.29, 0.717) is 11.5 Å². The van der Waals surface area contributed by atoms with Crippen LogP contribution in [0.4, 0.5) is 0 Å². The van der Waals surface area contributed by atoms with Crippen molar-refractivity contribution in [1.29, 1.82) is 0 Å². The summed E-state index contributed by atoms with van der Waals surface area (Å²) in [6, 6.07) is 9.32. The maximum Gasteiger partial charge on any atom is 0.0236 e. The van der Waals surface area contributed by atoms with Crippen LogP contribution in [-0.2, 0) is 13.0 Å². The van der Waals surface area contributed by atoms with E-state index in [1.165, 1.54) is 11.1 Å². The van der Waals surface area contributed by atoms with Gasteiger partial charge in [-0.3, -0.25) is 0 Å². The highest BCUT2D eigenvalue weighted by molar-refractivity contribution is 5.29. The first-order valence-corrected chi connectivity index (χ1v) is 6.55. The molecule has 1 unspecified atom stereocenters. The van der Waals surface area contributed by atoms with Crippen molar-refractivity contribution in [1.82, 2.24) is 10.6 Å². The molecule has 0 saturated heterocycles. The van der Waals surface area contributed by atoms with Crippen LogP contribution in [0.2, 0.25) is 0 Å². The summed E-state index contributed by atoms with van der Waals surface area (Å²) in [7, 11) is 0. The average molecular weight is 232 g/mol. The van der Waals surface area contributed by atoms with E-state index >= 15 is 0 Å². The smallest absolute Gasteiger partial charge is 0.0236 e. The minimum atomic E-state index is 0.368. The standard InChI is InChI=1S/C15H24N2/c1-15(2,3)11-16-10-14-8-12-6-4-5-7-13(12)9-17-14/h4-7,14,16-17H,8-11H2,1-3H3. The third kappa shape index (κ3) is 3.83. The van der Waals surface area contributed by atoms with Gasteiger partial charge in [0, 0.05) is 25.7 Å². The second kappa shape index (κ2) is 5.19. The van der Waals surface area contributed by atoms with Crippen LogP contribution in [0.25, 0.3) is 0 Å². The van der Waals surface area contributed by atoms with Crippen LogP contribution in [-0.4, -0.2) is 19.1 Å². The SMILES string of the molecule is CC(C)(C)CNCC1Cc2ccccc2CN1. The van der Waals surface area contributed by atoms with Crippen LogP contribution in [0.5, 0.6) is 0 Å². The maximum atomic E-state index is 3.60. The second-order valence-corrected chi connectivity index (χ2v) is 6.24. The van der Waals surface area contributed by atoms with Gasteiger partial charge in [0.1, 0.15) is 0 Å². The molecule has 1 atom stereocenters. The monoisotopic (exact) mass is 232 g/mol. The van der Waals surface area contributed by atoms with E-state index in [0.717, 1.165) is 26.1 Å². The zero-order valence-corrected chi connectivity index (χ0v) is 11.2. The van der Waals surface area contributed by atoms with Crippen molar-refractivity contribution < 1.29 is 0 Å². The van der Waals surface area contributed by atoms with E-state index in [4.69, 9.17) is 0 Å². The number of fused-ring (bicyclic) bond motifs is 1. The highest BCUT2D eigenvalue weighted by atomic mass is 15.0. The summed E-state index contributed by atoms with van der Waals surface area (Å²) in [4.78, 5) is 0. The molecule has 0 aromatic heterocycles. The molecule has 94 valence electrons. The van der Waals surface area contributed by atoms with Crippen molar-refractivity contribution in [3.63, 3.8) is 0 Å². The van der Waals surface area contributed by atoms with E-state index in [9.17, 15) is 0 Å². The van der Waals surface area contributed by atoms with Crippen LogP contribution in [0.3, 0.4) is 0 Å². The first-order chi connectivity index (χ1) is 8.04. The Morgan fingerprint density at radius 2 is 1.94 bits per heavy atom. The molecule has 2 heteroatoms. The second-order valence-electron chi connectivity index (χ2n) is 6.24. The largest absolute Gasteiger partial charge is 0.315 e. The minimum absolute atomic E-state index is 0.368. The van der Waals surface area contributed by atoms with E-state index in [1.807, 2.05) is 0 Å². The molecule has 1 aromatic rings. The van der Waals surface area contributed by atoms with Gasteiger partial charge in [0.15, 0.2) is 0 Å². The van der Waals surface area contributed by atoms with Gasteiger partial charge in [-0.25, -0.2) is 0 Å². The third-order valence-electron chi connectivity index (χ3n) is 3.21. The van der Waals surface area contributed by atoms with Gasteiger partial charge in [-0.1, -0.05) is 45.0 Å². The summed E-state index contributed by atoms with van der Waals surface area (Å²) in [6.07, 6.45) is 1.15. The van der Waals surface area contributed by atoms with Crippen LogP contribution >= 0.6 is 0 Å². The van der Waals surface area contributed by atoms with Crippen molar-refractivity contribution in [2.45, 2.75) is 39.8 Å². The summed E-state index contributed by atoms with van der Waals surface area (Å²) in [5.41, 5.74) is 3.33. The molecule has 0 bridgehead atoms. The predicted octanol–water partition coefficient (Wildman–Crippen LogP) is 2.34. The van der Waals surface area contributed by atoms with Crippen molar-refractivity contribution in [3.05, 3.63) is 35.4 Å².